The van der Waals surface area contributed by atoms with Gasteiger partial charge in [0.05, 0.1) is 30.1 Å². The van der Waals surface area contributed by atoms with Crippen molar-refractivity contribution in [1.82, 2.24) is 9.97 Å². The molecule has 0 radical (unpaired) electrons. The lowest BCUT2D eigenvalue weighted by atomic mass is 9.82. The number of carboxylic acids is 1. The van der Waals surface area contributed by atoms with Gasteiger partial charge in [-0.3, -0.25) is 14.8 Å². The maximum absolute atomic E-state index is 11.6. The minimum atomic E-state index is -0.854. The highest BCUT2D eigenvalue weighted by molar-refractivity contribution is 5.83. The first-order chi connectivity index (χ1) is 15.2. The number of ether oxygens (including phenoxy) is 2. The van der Waals surface area contributed by atoms with Gasteiger partial charge < -0.3 is 19.5 Å². The standard InChI is InChI=1S/C25H35N3O4/c1-17(8-13-31-5)32-19-6-7-22(27-15-19)21-16-26-18(2)20(14-23(29)30)24(21)28-11-9-25(3,4)10-12-28/h6-7,15-17H,8-14H2,1-5H3,(H,29,30). The van der Waals surface area contributed by atoms with Crippen LogP contribution in [0.1, 0.15) is 51.3 Å². The Hall–Kier alpha value is -2.67. The van der Waals surface area contributed by atoms with Crippen molar-refractivity contribution in [2.75, 3.05) is 31.7 Å². The molecule has 1 saturated heterocycles. The minimum Gasteiger partial charge on any atom is -0.489 e. The number of aliphatic carboxylic acids is 1. The Balaban J connectivity index is 1.94. The third kappa shape index (κ3) is 5.97. The van der Waals surface area contributed by atoms with E-state index in [4.69, 9.17) is 9.47 Å². The van der Waals surface area contributed by atoms with Crippen LogP contribution in [0.5, 0.6) is 5.75 Å². The van der Waals surface area contributed by atoms with Crippen LogP contribution in [-0.2, 0) is 16.0 Å². The van der Waals surface area contributed by atoms with Gasteiger partial charge in [0.15, 0.2) is 0 Å². The van der Waals surface area contributed by atoms with Crippen LogP contribution in [-0.4, -0.2) is 54.0 Å². The van der Waals surface area contributed by atoms with Gasteiger partial charge in [-0.15, -0.1) is 0 Å². The Morgan fingerprint density at radius 1 is 1.22 bits per heavy atom. The molecule has 0 aromatic carbocycles. The summed E-state index contributed by atoms with van der Waals surface area (Å²) in [5, 5.41) is 9.55. The van der Waals surface area contributed by atoms with Gasteiger partial charge in [-0.2, -0.15) is 0 Å². The fourth-order valence-electron chi connectivity index (χ4n) is 4.07. The molecule has 2 aromatic heterocycles. The summed E-state index contributed by atoms with van der Waals surface area (Å²) in [5.74, 6) is -0.156. The van der Waals surface area contributed by atoms with E-state index in [2.05, 4.69) is 28.7 Å². The third-order valence-corrected chi connectivity index (χ3v) is 6.20. The van der Waals surface area contributed by atoms with E-state index >= 15 is 0 Å². The highest BCUT2D eigenvalue weighted by Gasteiger charge is 2.29. The summed E-state index contributed by atoms with van der Waals surface area (Å²) in [4.78, 5) is 23.1. The number of carbonyl (C=O) groups is 1. The second-order valence-corrected chi connectivity index (χ2v) is 9.40. The van der Waals surface area contributed by atoms with Crippen LogP contribution < -0.4 is 9.64 Å². The van der Waals surface area contributed by atoms with Gasteiger partial charge in [-0.25, -0.2) is 0 Å². The zero-order valence-corrected chi connectivity index (χ0v) is 19.9. The molecule has 1 N–H and O–H groups in total. The SMILES string of the molecule is COCCC(C)Oc1ccc(-c2cnc(C)c(CC(=O)O)c2N2CCC(C)(C)CC2)nc1. The molecule has 2 aromatic rings. The lowest BCUT2D eigenvalue weighted by molar-refractivity contribution is -0.136. The van der Waals surface area contributed by atoms with Gasteiger partial charge >= 0.3 is 5.97 Å². The average Bonchev–Trinajstić information content (AvgIpc) is 2.74. The predicted octanol–water partition coefficient (Wildman–Crippen LogP) is 4.51. The molecule has 1 atom stereocenters. The van der Waals surface area contributed by atoms with Crippen LogP contribution in [0.3, 0.4) is 0 Å². The quantitative estimate of drug-likeness (QED) is 0.613. The molecule has 7 heteroatoms. The minimum absolute atomic E-state index is 0.0260. The van der Waals surface area contributed by atoms with E-state index in [9.17, 15) is 9.90 Å². The number of aromatic nitrogens is 2. The van der Waals surface area contributed by atoms with Gasteiger partial charge in [0.1, 0.15) is 5.75 Å². The molecule has 1 fully saturated rings. The van der Waals surface area contributed by atoms with E-state index in [0.717, 1.165) is 60.6 Å². The largest absolute Gasteiger partial charge is 0.489 e. The highest BCUT2D eigenvalue weighted by Crippen LogP contribution is 2.39. The van der Waals surface area contributed by atoms with E-state index in [1.807, 2.05) is 32.2 Å². The van der Waals surface area contributed by atoms with Crippen LogP contribution in [0.2, 0.25) is 0 Å². The molecule has 0 bridgehead atoms. The van der Waals surface area contributed by atoms with Crippen LogP contribution in [0.15, 0.2) is 24.5 Å². The molecule has 3 rings (SSSR count). The van der Waals surface area contributed by atoms with E-state index in [-0.39, 0.29) is 12.5 Å². The van der Waals surface area contributed by atoms with Gasteiger partial charge in [0.25, 0.3) is 0 Å². The first-order valence-electron chi connectivity index (χ1n) is 11.3. The van der Waals surface area contributed by atoms with E-state index in [1.54, 1.807) is 13.3 Å². The Labute approximate surface area is 190 Å². The summed E-state index contributed by atoms with van der Waals surface area (Å²) >= 11 is 0. The number of hydrogen-bond acceptors (Lipinski definition) is 6. The van der Waals surface area contributed by atoms with Gasteiger partial charge in [0.2, 0.25) is 0 Å². The van der Waals surface area contributed by atoms with Crippen molar-refractivity contribution in [2.45, 2.75) is 59.5 Å². The van der Waals surface area contributed by atoms with Crippen molar-refractivity contribution < 1.29 is 19.4 Å². The molecule has 0 spiro atoms. The summed E-state index contributed by atoms with van der Waals surface area (Å²) in [6.07, 6.45) is 6.42. The van der Waals surface area contributed by atoms with Crippen molar-refractivity contribution in [2.24, 2.45) is 5.41 Å². The molecule has 0 saturated carbocycles. The van der Waals surface area contributed by atoms with Gasteiger partial charge in [-0.1, -0.05) is 13.8 Å². The molecule has 3 heterocycles. The van der Waals surface area contributed by atoms with Crippen molar-refractivity contribution in [3.63, 3.8) is 0 Å². The molecule has 32 heavy (non-hydrogen) atoms. The van der Waals surface area contributed by atoms with E-state index in [1.165, 1.54) is 0 Å². The van der Waals surface area contributed by atoms with Gasteiger partial charge in [0, 0.05) is 56.2 Å². The summed E-state index contributed by atoms with van der Waals surface area (Å²) in [6.45, 7) is 10.9. The number of nitrogens with zero attached hydrogens (tertiary/aromatic N) is 3. The van der Waals surface area contributed by atoms with Crippen molar-refractivity contribution in [1.29, 1.82) is 0 Å². The Bertz CT molecular complexity index is 918. The molecular weight excluding hydrogens is 406 g/mol. The second kappa shape index (κ2) is 10.3. The van der Waals surface area contributed by atoms with Crippen molar-refractivity contribution in [3.8, 4) is 17.0 Å². The Kier molecular flexibility index (Phi) is 7.72. The summed E-state index contributed by atoms with van der Waals surface area (Å²) in [6, 6.07) is 3.83. The molecular formula is C25H35N3O4. The number of pyridine rings is 2. The fourth-order valence-corrected chi connectivity index (χ4v) is 4.07. The maximum atomic E-state index is 11.6. The summed E-state index contributed by atoms with van der Waals surface area (Å²) in [7, 11) is 1.68. The first-order valence-corrected chi connectivity index (χ1v) is 11.3. The van der Waals surface area contributed by atoms with Crippen LogP contribution in [0.4, 0.5) is 5.69 Å². The number of methoxy groups -OCH3 is 1. The topological polar surface area (TPSA) is 84.8 Å². The number of rotatable bonds is 9. The second-order valence-electron chi connectivity index (χ2n) is 9.40. The Morgan fingerprint density at radius 3 is 2.53 bits per heavy atom. The summed E-state index contributed by atoms with van der Waals surface area (Å²) in [5.41, 5.74) is 4.40. The van der Waals surface area contributed by atoms with Crippen LogP contribution in [0.25, 0.3) is 11.3 Å². The third-order valence-electron chi connectivity index (χ3n) is 6.20. The molecule has 0 aliphatic carbocycles. The number of piperidine rings is 1. The predicted molar refractivity (Wildman–Crippen MR) is 125 cm³/mol. The smallest absolute Gasteiger partial charge is 0.307 e. The lowest BCUT2D eigenvalue weighted by Crippen LogP contribution is -2.38. The fraction of sp³-hybridized carbons (Fsp3) is 0.560. The van der Waals surface area contributed by atoms with Crippen molar-refractivity contribution in [3.05, 3.63) is 35.8 Å². The molecule has 1 aliphatic rings. The number of aryl methyl sites for hydroxylation is 1. The van der Waals surface area contributed by atoms with Crippen LogP contribution >= 0.6 is 0 Å². The highest BCUT2D eigenvalue weighted by atomic mass is 16.5. The van der Waals surface area contributed by atoms with Crippen molar-refractivity contribution >= 4 is 11.7 Å². The monoisotopic (exact) mass is 441 g/mol. The molecule has 174 valence electrons. The van der Waals surface area contributed by atoms with Gasteiger partial charge in [-0.05, 0) is 44.2 Å². The molecule has 1 aliphatic heterocycles. The first kappa shape index (κ1) is 24.0. The molecule has 0 amide bonds. The van der Waals surface area contributed by atoms with E-state index in [0.29, 0.717) is 17.8 Å². The molecule has 7 nitrogen and oxygen atoms in total. The van der Waals surface area contributed by atoms with Crippen LogP contribution in [0, 0.1) is 12.3 Å². The maximum Gasteiger partial charge on any atom is 0.307 e. The normalized spacial score (nSPS) is 16.6. The lowest BCUT2D eigenvalue weighted by Gasteiger charge is -2.40. The number of carboxylic acid groups (broad SMARTS) is 1. The Morgan fingerprint density at radius 2 is 1.94 bits per heavy atom. The number of hydrogen-bond donors (Lipinski definition) is 1. The molecule has 1 unspecified atom stereocenters. The van der Waals surface area contributed by atoms with E-state index < -0.39 is 5.97 Å². The average molecular weight is 442 g/mol. The zero-order chi connectivity index (χ0) is 23.3. The summed E-state index contributed by atoms with van der Waals surface area (Å²) < 4.78 is 11.0. The zero-order valence-electron chi connectivity index (χ0n) is 19.9. The number of anilines is 1.